The van der Waals surface area contributed by atoms with E-state index >= 15 is 0 Å². The molecule has 0 atom stereocenters. The first-order valence-corrected chi connectivity index (χ1v) is 2.99. The highest BCUT2D eigenvalue weighted by atomic mass is 16.4. The Kier molecular flexibility index (Phi) is 1.72. The van der Waals surface area contributed by atoms with Gasteiger partial charge in [0.15, 0.2) is 0 Å². The number of nitrogens with one attached hydrogen (secondary N) is 1. The third kappa shape index (κ3) is 1.22. The van der Waals surface area contributed by atoms with Gasteiger partial charge < -0.3 is 9.73 Å². The topological polar surface area (TPSA) is 38.1 Å². The fraction of sp³-hybridized carbons (Fsp3) is 0.500. The van der Waals surface area contributed by atoms with Crippen molar-refractivity contribution in [1.29, 1.82) is 0 Å². The Hall–Kier alpha value is -0.990. The van der Waals surface area contributed by atoms with Gasteiger partial charge in [-0.1, -0.05) is 6.92 Å². The van der Waals surface area contributed by atoms with Crippen LogP contribution in [0.5, 0.6) is 0 Å². The Morgan fingerprint density at radius 2 is 2.56 bits per heavy atom. The van der Waals surface area contributed by atoms with Crippen molar-refractivity contribution in [2.75, 3.05) is 12.4 Å². The van der Waals surface area contributed by atoms with Crippen LogP contribution in [-0.2, 0) is 6.42 Å². The maximum absolute atomic E-state index is 5.16. The smallest absolute Gasteiger partial charge is 0.294 e. The van der Waals surface area contributed by atoms with Crippen molar-refractivity contribution in [3.8, 4) is 0 Å². The lowest BCUT2D eigenvalue weighted by Gasteiger charge is -1.87. The fourth-order valence-electron chi connectivity index (χ4n) is 0.587. The van der Waals surface area contributed by atoms with Crippen LogP contribution in [-0.4, -0.2) is 12.0 Å². The maximum atomic E-state index is 5.16. The van der Waals surface area contributed by atoms with Gasteiger partial charge in [0.2, 0.25) is 0 Å². The van der Waals surface area contributed by atoms with Crippen molar-refractivity contribution in [2.24, 2.45) is 0 Å². The molecule has 0 aliphatic carbocycles. The maximum Gasteiger partial charge on any atom is 0.294 e. The first kappa shape index (κ1) is 6.13. The minimum absolute atomic E-state index is 0.590. The summed E-state index contributed by atoms with van der Waals surface area (Å²) in [6, 6.07) is 0.590. The van der Waals surface area contributed by atoms with Crippen LogP contribution in [0.3, 0.4) is 0 Å². The first-order chi connectivity index (χ1) is 4.36. The zero-order valence-electron chi connectivity index (χ0n) is 5.64. The second-order valence-corrected chi connectivity index (χ2v) is 1.74. The van der Waals surface area contributed by atoms with Gasteiger partial charge in [0.05, 0.1) is 6.20 Å². The van der Waals surface area contributed by atoms with Crippen LogP contribution in [0.25, 0.3) is 0 Å². The molecule has 50 valence electrons. The molecule has 0 spiro atoms. The Balaban J connectivity index is 2.74. The van der Waals surface area contributed by atoms with Crippen molar-refractivity contribution in [1.82, 2.24) is 4.98 Å². The summed E-state index contributed by atoms with van der Waals surface area (Å²) in [7, 11) is 1.78. The van der Waals surface area contributed by atoms with Gasteiger partial charge in [-0.3, -0.25) is 0 Å². The van der Waals surface area contributed by atoms with Crippen molar-refractivity contribution in [3.63, 3.8) is 0 Å². The summed E-state index contributed by atoms with van der Waals surface area (Å²) < 4.78 is 5.16. The molecule has 0 aromatic carbocycles. The quantitative estimate of drug-likeness (QED) is 0.648. The average Bonchev–Trinajstić information content (AvgIpc) is 2.34. The molecular formula is C6H10N2O. The molecule has 3 nitrogen and oxygen atoms in total. The number of nitrogens with zero attached hydrogens (tertiary/aromatic N) is 1. The molecule has 0 saturated heterocycles. The second-order valence-electron chi connectivity index (χ2n) is 1.74. The highest BCUT2D eigenvalue weighted by Crippen LogP contribution is 2.06. The van der Waals surface area contributed by atoms with E-state index in [9.17, 15) is 0 Å². The van der Waals surface area contributed by atoms with E-state index in [1.54, 1.807) is 13.2 Å². The minimum Gasteiger partial charge on any atom is -0.429 e. The van der Waals surface area contributed by atoms with Gasteiger partial charge in [-0.2, -0.15) is 0 Å². The lowest BCUT2D eigenvalue weighted by Crippen LogP contribution is -1.85. The molecule has 0 amide bonds. The number of aryl methyl sites for hydroxylation is 1. The molecule has 0 saturated carbocycles. The lowest BCUT2D eigenvalue weighted by atomic mass is 10.4. The standard InChI is InChI=1S/C6H10N2O/c1-3-5-4-8-6(7-2)9-5/h4H,3H2,1-2H3,(H,7,8). The Labute approximate surface area is 54.1 Å². The third-order valence-corrected chi connectivity index (χ3v) is 1.12. The van der Waals surface area contributed by atoms with Crippen LogP contribution >= 0.6 is 0 Å². The van der Waals surface area contributed by atoms with E-state index < -0.39 is 0 Å². The number of hydrogen-bond acceptors (Lipinski definition) is 3. The Morgan fingerprint density at radius 3 is 2.89 bits per heavy atom. The molecule has 9 heavy (non-hydrogen) atoms. The zero-order chi connectivity index (χ0) is 6.69. The summed E-state index contributed by atoms with van der Waals surface area (Å²) in [5.74, 6) is 0.916. The van der Waals surface area contributed by atoms with Crippen molar-refractivity contribution < 1.29 is 4.42 Å². The number of aromatic nitrogens is 1. The van der Waals surface area contributed by atoms with Gasteiger partial charge in [-0.15, -0.1) is 0 Å². The zero-order valence-corrected chi connectivity index (χ0v) is 5.64. The van der Waals surface area contributed by atoms with Gasteiger partial charge in [0, 0.05) is 13.5 Å². The molecule has 0 unspecified atom stereocenters. The van der Waals surface area contributed by atoms with Crippen LogP contribution in [0.2, 0.25) is 0 Å². The normalized spacial score (nSPS) is 9.56. The van der Waals surface area contributed by atoms with Crippen LogP contribution in [0, 0.1) is 0 Å². The van der Waals surface area contributed by atoms with Crippen LogP contribution in [0.1, 0.15) is 12.7 Å². The molecule has 0 fully saturated rings. The van der Waals surface area contributed by atoms with E-state index in [0.29, 0.717) is 6.01 Å². The van der Waals surface area contributed by atoms with Crippen molar-refractivity contribution in [3.05, 3.63) is 12.0 Å². The highest BCUT2D eigenvalue weighted by molar-refractivity contribution is 5.18. The molecule has 0 aliphatic rings. The fourth-order valence-corrected chi connectivity index (χ4v) is 0.587. The highest BCUT2D eigenvalue weighted by Gasteiger charge is 1.96. The van der Waals surface area contributed by atoms with E-state index in [2.05, 4.69) is 10.3 Å². The van der Waals surface area contributed by atoms with Gasteiger partial charge in [-0.25, -0.2) is 4.98 Å². The molecule has 0 bridgehead atoms. The van der Waals surface area contributed by atoms with Gasteiger partial charge >= 0.3 is 0 Å². The van der Waals surface area contributed by atoms with Crippen LogP contribution in [0.4, 0.5) is 6.01 Å². The summed E-state index contributed by atoms with van der Waals surface area (Å²) in [5, 5.41) is 2.80. The monoisotopic (exact) mass is 126 g/mol. The van der Waals surface area contributed by atoms with Crippen molar-refractivity contribution in [2.45, 2.75) is 13.3 Å². The molecule has 1 rings (SSSR count). The summed E-state index contributed by atoms with van der Waals surface area (Å²) in [6.45, 7) is 2.03. The van der Waals surface area contributed by atoms with Gasteiger partial charge in [-0.05, 0) is 0 Å². The Bertz CT molecular complexity index is 164. The number of oxazole rings is 1. The number of rotatable bonds is 2. The predicted octanol–water partition coefficient (Wildman–Crippen LogP) is 1.28. The molecule has 1 aromatic heterocycles. The summed E-state index contributed by atoms with van der Waals surface area (Å²) in [4.78, 5) is 3.93. The predicted molar refractivity (Wildman–Crippen MR) is 35.4 cm³/mol. The van der Waals surface area contributed by atoms with E-state index in [-0.39, 0.29) is 0 Å². The minimum atomic E-state index is 0.590. The summed E-state index contributed by atoms with van der Waals surface area (Å²) in [5.41, 5.74) is 0. The number of anilines is 1. The average molecular weight is 126 g/mol. The molecule has 0 radical (unpaired) electrons. The molecular weight excluding hydrogens is 116 g/mol. The molecule has 1 aromatic rings. The Morgan fingerprint density at radius 1 is 1.78 bits per heavy atom. The second kappa shape index (κ2) is 2.53. The van der Waals surface area contributed by atoms with E-state index in [1.165, 1.54) is 0 Å². The lowest BCUT2D eigenvalue weighted by molar-refractivity contribution is 0.526. The summed E-state index contributed by atoms with van der Waals surface area (Å²) in [6.07, 6.45) is 2.63. The van der Waals surface area contributed by atoms with Crippen LogP contribution in [0.15, 0.2) is 10.6 Å². The SMILES string of the molecule is CCc1cnc(NC)o1. The molecule has 1 heterocycles. The largest absolute Gasteiger partial charge is 0.429 e. The van der Waals surface area contributed by atoms with Gasteiger partial charge in [0.1, 0.15) is 5.76 Å². The van der Waals surface area contributed by atoms with E-state index in [1.807, 2.05) is 6.92 Å². The van der Waals surface area contributed by atoms with Crippen molar-refractivity contribution >= 4 is 6.01 Å². The van der Waals surface area contributed by atoms with E-state index in [4.69, 9.17) is 4.42 Å². The summed E-state index contributed by atoms with van der Waals surface area (Å²) >= 11 is 0. The van der Waals surface area contributed by atoms with E-state index in [0.717, 1.165) is 12.2 Å². The molecule has 0 aliphatic heterocycles. The number of hydrogen-bond donors (Lipinski definition) is 1. The van der Waals surface area contributed by atoms with Crippen LogP contribution < -0.4 is 5.32 Å². The molecule has 1 N–H and O–H groups in total. The third-order valence-electron chi connectivity index (χ3n) is 1.12. The first-order valence-electron chi connectivity index (χ1n) is 2.99. The van der Waals surface area contributed by atoms with Gasteiger partial charge in [0.25, 0.3) is 6.01 Å². The molecule has 3 heteroatoms.